The monoisotopic (exact) mass is 748 g/mol. The van der Waals surface area contributed by atoms with Crippen LogP contribution in [0.1, 0.15) is 76.3 Å². The molecule has 2 aliphatic carbocycles. The Morgan fingerprint density at radius 2 is 1.02 bits per heavy atom. The Morgan fingerprint density at radius 3 is 1.67 bits per heavy atom. The number of rotatable bonds is 4. The lowest BCUT2D eigenvalue weighted by atomic mass is 9.70. The summed E-state index contributed by atoms with van der Waals surface area (Å²) >= 11 is 0. The van der Waals surface area contributed by atoms with Gasteiger partial charge in [-0.2, -0.15) is 0 Å². The van der Waals surface area contributed by atoms with E-state index in [1.54, 1.807) is 0 Å². The third kappa shape index (κ3) is 4.66. The van der Waals surface area contributed by atoms with E-state index in [2.05, 4.69) is 222 Å². The second kappa shape index (κ2) is 12.1. The second-order valence-corrected chi connectivity index (χ2v) is 18.5. The van der Waals surface area contributed by atoms with Crippen molar-refractivity contribution >= 4 is 49.6 Å². The molecule has 1 aromatic heterocycles. The lowest BCUT2D eigenvalue weighted by Crippen LogP contribution is -2.28. The minimum Gasteiger partial charge on any atom is -0.309 e. The number of hydrogen-bond donors (Lipinski definition) is 0. The first-order valence-electron chi connectivity index (χ1n) is 20.8. The van der Waals surface area contributed by atoms with Crippen LogP contribution >= 0.6 is 0 Å². The number of anilines is 3. The first-order valence-corrected chi connectivity index (χ1v) is 20.8. The van der Waals surface area contributed by atoms with E-state index in [1.807, 2.05) is 0 Å². The number of hydrogen-bond acceptors (Lipinski definition) is 1. The maximum absolute atomic E-state index is 2.67. The second-order valence-electron chi connectivity index (χ2n) is 18.5. The fourth-order valence-electron chi connectivity index (χ4n) is 11.0. The van der Waals surface area contributed by atoms with Gasteiger partial charge in [0.25, 0.3) is 0 Å². The van der Waals surface area contributed by atoms with E-state index < -0.39 is 0 Å². The first kappa shape index (κ1) is 34.8. The smallest absolute Gasteiger partial charge is 0.0561 e. The van der Waals surface area contributed by atoms with E-state index >= 15 is 0 Å². The molecule has 0 radical (unpaired) electrons. The van der Waals surface area contributed by atoms with E-state index in [9.17, 15) is 0 Å². The fraction of sp³-hybridized carbons (Fsp3) is 0.179. The zero-order valence-electron chi connectivity index (χ0n) is 34.5. The predicted octanol–water partition coefficient (Wildman–Crippen LogP) is 15.3. The van der Waals surface area contributed by atoms with Crippen molar-refractivity contribution < 1.29 is 0 Å². The van der Waals surface area contributed by atoms with Crippen LogP contribution in [0.25, 0.3) is 60.5 Å². The van der Waals surface area contributed by atoms with Crippen molar-refractivity contribution in [1.82, 2.24) is 4.57 Å². The third-order valence-electron chi connectivity index (χ3n) is 13.4. The van der Waals surface area contributed by atoms with E-state index in [-0.39, 0.29) is 16.2 Å². The SMILES string of the molecule is CC(C)(C)c1c2c(c(N(c3ccc4c5ccccc5n(-c5ccccc5)c4c3)c3cccc4ccccc34)c3c1-c1ccccc1C3(C)C)C(C)(C)c1ccccc1-2. The van der Waals surface area contributed by atoms with Crippen molar-refractivity contribution in [3.63, 3.8) is 0 Å². The molecule has 0 saturated carbocycles. The van der Waals surface area contributed by atoms with Gasteiger partial charge in [-0.05, 0) is 97.3 Å². The van der Waals surface area contributed by atoms with Gasteiger partial charge in [0.2, 0.25) is 0 Å². The Morgan fingerprint density at radius 1 is 0.483 bits per heavy atom. The van der Waals surface area contributed by atoms with Crippen LogP contribution in [0, 0.1) is 0 Å². The van der Waals surface area contributed by atoms with E-state index in [0.717, 1.165) is 11.4 Å². The molecule has 0 bridgehead atoms. The molecule has 9 aromatic rings. The Balaban J connectivity index is 1.36. The van der Waals surface area contributed by atoms with Crippen LogP contribution < -0.4 is 4.90 Å². The summed E-state index contributed by atoms with van der Waals surface area (Å²) in [6.45, 7) is 17.1. The van der Waals surface area contributed by atoms with Crippen molar-refractivity contribution in [1.29, 1.82) is 0 Å². The number of nitrogens with zero attached hydrogens (tertiary/aromatic N) is 2. The molecule has 2 aliphatic rings. The summed E-state index contributed by atoms with van der Waals surface area (Å²) < 4.78 is 2.45. The van der Waals surface area contributed by atoms with Crippen molar-refractivity contribution in [2.75, 3.05) is 4.90 Å². The Kier molecular flexibility index (Phi) is 7.25. The summed E-state index contributed by atoms with van der Waals surface area (Å²) in [4.78, 5) is 2.67. The largest absolute Gasteiger partial charge is 0.309 e. The van der Waals surface area contributed by atoms with E-state index in [1.165, 1.54) is 94.0 Å². The molecular weight excluding hydrogens is 701 g/mol. The predicted molar refractivity (Wildman–Crippen MR) is 247 cm³/mol. The minimum atomic E-state index is -0.285. The summed E-state index contributed by atoms with van der Waals surface area (Å²) in [5, 5.41) is 4.97. The van der Waals surface area contributed by atoms with E-state index in [0.29, 0.717) is 0 Å². The van der Waals surface area contributed by atoms with Gasteiger partial charge >= 0.3 is 0 Å². The zero-order valence-corrected chi connectivity index (χ0v) is 34.5. The Bertz CT molecular complexity index is 3060. The lowest BCUT2D eigenvalue weighted by Gasteiger charge is -2.39. The standard InChI is InChI=1S/C56H48N2/c1-54(2,3)50-48-41-26-13-16-28-43(41)55(4,5)51(48)53(52-49(50)42-27-14-17-29-44(42)56(52,6)7)58(45-31-19-21-35-20-11-12-24-38(35)45)37-32-33-40-39-25-15-18-30-46(39)57(47(40)34-37)36-22-9-8-10-23-36/h8-34H,1-7H3. The van der Waals surface area contributed by atoms with Gasteiger partial charge in [-0.3, -0.25) is 0 Å². The number of aromatic nitrogens is 1. The Labute approximate surface area is 342 Å². The molecule has 0 N–H and O–H groups in total. The van der Waals surface area contributed by atoms with Crippen molar-refractivity contribution in [3.8, 4) is 27.9 Å². The molecular formula is C56H48N2. The molecule has 0 saturated heterocycles. The fourth-order valence-corrected chi connectivity index (χ4v) is 11.0. The van der Waals surface area contributed by atoms with Gasteiger partial charge in [0.1, 0.15) is 0 Å². The Hall–Kier alpha value is -6.38. The molecule has 11 rings (SSSR count). The van der Waals surface area contributed by atoms with Crippen LogP contribution in [0.4, 0.5) is 17.1 Å². The van der Waals surface area contributed by atoms with E-state index in [4.69, 9.17) is 0 Å². The van der Waals surface area contributed by atoms with Gasteiger partial charge in [0.05, 0.1) is 22.4 Å². The molecule has 0 spiro atoms. The molecule has 282 valence electrons. The topological polar surface area (TPSA) is 8.17 Å². The lowest BCUT2D eigenvalue weighted by molar-refractivity contribution is 0.587. The normalized spacial score (nSPS) is 14.7. The van der Waals surface area contributed by atoms with Crippen molar-refractivity contribution in [2.24, 2.45) is 0 Å². The summed E-state index contributed by atoms with van der Waals surface area (Å²) in [6, 6.07) is 61.1. The van der Waals surface area contributed by atoms with Gasteiger partial charge < -0.3 is 9.47 Å². The average Bonchev–Trinajstić information content (AvgIpc) is 3.77. The van der Waals surface area contributed by atoms with Gasteiger partial charge in [-0.25, -0.2) is 0 Å². The summed E-state index contributed by atoms with van der Waals surface area (Å²) in [7, 11) is 0. The quantitative estimate of drug-likeness (QED) is 0.174. The van der Waals surface area contributed by atoms with Gasteiger partial charge in [0.15, 0.2) is 0 Å². The zero-order chi connectivity index (χ0) is 39.7. The van der Waals surface area contributed by atoms with Gasteiger partial charge in [-0.15, -0.1) is 0 Å². The molecule has 2 heteroatoms. The highest BCUT2D eigenvalue weighted by molar-refractivity contribution is 6.12. The highest BCUT2D eigenvalue weighted by Gasteiger charge is 2.50. The maximum Gasteiger partial charge on any atom is 0.0561 e. The highest BCUT2D eigenvalue weighted by atomic mass is 15.2. The molecule has 0 fully saturated rings. The average molecular weight is 749 g/mol. The molecule has 1 heterocycles. The van der Waals surface area contributed by atoms with Crippen molar-refractivity contribution in [2.45, 2.75) is 64.7 Å². The van der Waals surface area contributed by atoms with Gasteiger partial charge in [0, 0.05) is 38.4 Å². The van der Waals surface area contributed by atoms with Crippen LogP contribution in [0.2, 0.25) is 0 Å². The molecule has 8 aromatic carbocycles. The summed E-state index contributed by atoms with van der Waals surface area (Å²) in [5.74, 6) is 0. The number of para-hydroxylation sites is 2. The minimum absolute atomic E-state index is 0.131. The van der Waals surface area contributed by atoms with Crippen LogP contribution in [0.3, 0.4) is 0 Å². The summed E-state index contributed by atoms with van der Waals surface area (Å²) in [5.41, 5.74) is 19.1. The molecule has 0 atom stereocenters. The molecule has 0 aliphatic heterocycles. The molecule has 58 heavy (non-hydrogen) atoms. The molecule has 0 amide bonds. The summed E-state index contributed by atoms with van der Waals surface area (Å²) in [6.07, 6.45) is 0. The van der Waals surface area contributed by atoms with Crippen molar-refractivity contribution in [3.05, 3.63) is 192 Å². The first-order chi connectivity index (χ1) is 28.0. The van der Waals surface area contributed by atoms with Crippen LogP contribution in [0.15, 0.2) is 164 Å². The van der Waals surface area contributed by atoms with Crippen LogP contribution in [-0.4, -0.2) is 4.57 Å². The number of fused-ring (bicyclic) bond motifs is 10. The number of benzene rings is 8. The van der Waals surface area contributed by atoms with Crippen LogP contribution in [0.5, 0.6) is 0 Å². The molecule has 0 unspecified atom stereocenters. The maximum atomic E-state index is 2.67. The van der Waals surface area contributed by atoms with Crippen LogP contribution in [-0.2, 0) is 16.2 Å². The third-order valence-corrected chi connectivity index (χ3v) is 13.4. The molecule has 2 nitrogen and oxygen atoms in total. The highest BCUT2D eigenvalue weighted by Crippen LogP contribution is 2.66. The van der Waals surface area contributed by atoms with Gasteiger partial charge in [-0.1, -0.05) is 176 Å².